The van der Waals surface area contributed by atoms with E-state index in [1.165, 1.54) is 0 Å². The zero-order valence-electron chi connectivity index (χ0n) is 9.96. The largest absolute Gasteiger partial charge is 0.394 e. The minimum Gasteiger partial charge on any atom is -0.394 e. The van der Waals surface area contributed by atoms with Crippen LogP contribution in [0.15, 0.2) is 6.20 Å². The van der Waals surface area contributed by atoms with Gasteiger partial charge in [-0.15, -0.1) is 0 Å². The molecule has 86 valence electrons. The van der Waals surface area contributed by atoms with Crippen molar-refractivity contribution < 1.29 is 5.11 Å². The van der Waals surface area contributed by atoms with Gasteiger partial charge >= 0.3 is 0 Å². The molecule has 4 nitrogen and oxygen atoms in total. The Hall–Kier alpha value is -0.870. The molecule has 15 heavy (non-hydrogen) atoms. The van der Waals surface area contributed by atoms with Crippen molar-refractivity contribution in [2.24, 2.45) is 5.73 Å². The van der Waals surface area contributed by atoms with Crippen LogP contribution < -0.4 is 5.73 Å². The molecule has 1 aromatic heterocycles. The number of aliphatic hydroxyl groups is 1. The van der Waals surface area contributed by atoms with Gasteiger partial charge in [0.2, 0.25) is 0 Å². The number of hydrogen-bond acceptors (Lipinski definition) is 3. The van der Waals surface area contributed by atoms with Gasteiger partial charge in [0.15, 0.2) is 0 Å². The summed E-state index contributed by atoms with van der Waals surface area (Å²) in [6.07, 6.45) is 2.42. The summed E-state index contributed by atoms with van der Waals surface area (Å²) >= 11 is 0. The molecule has 0 aliphatic rings. The molecule has 0 saturated heterocycles. The molecule has 4 heteroatoms. The van der Waals surface area contributed by atoms with E-state index in [0.717, 1.165) is 11.3 Å². The van der Waals surface area contributed by atoms with Gasteiger partial charge in [-0.05, 0) is 18.9 Å². The van der Waals surface area contributed by atoms with Crippen molar-refractivity contribution in [3.05, 3.63) is 17.5 Å². The lowest BCUT2D eigenvalue weighted by atomic mass is 9.85. The molecule has 1 atom stereocenters. The summed E-state index contributed by atoms with van der Waals surface area (Å²) in [5.41, 5.74) is 7.55. The highest BCUT2D eigenvalue weighted by Gasteiger charge is 2.25. The van der Waals surface area contributed by atoms with Gasteiger partial charge < -0.3 is 10.8 Å². The lowest BCUT2D eigenvalue weighted by molar-refractivity contribution is 0.207. The number of aliphatic hydroxyl groups excluding tert-OH is 1. The molecule has 0 aliphatic heterocycles. The van der Waals surface area contributed by atoms with Gasteiger partial charge in [0, 0.05) is 16.6 Å². The highest BCUT2D eigenvalue weighted by atomic mass is 16.3. The number of rotatable bonds is 3. The fourth-order valence-electron chi connectivity index (χ4n) is 1.59. The van der Waals surface area contributed by atoms with Crippen LogP contribution in [0.25, 0.3) is 0 Å². The average molecular weight is 211 g/mol. The van der Waals surface area contributed by atoms with Crippen molar-refractivity contribution in [2.45, 2.75) is 45.1 Å². The van der Waals surface area contributed by atoms with Gasteiger partial charge in [0.1, 0.15) is 0 Å². The summed E-state index contributed by atoms with van der Waals surface area (Å²) in [5.74, 6) is 0. The second-order valence-corrected chi connectivity index (χ2v) is 5.51. The quantitative estimate of drug-likeness (QED) is 0.697. The number of H-pyrrole nitrogens is 1. The molecular formula is C11H21N3O. The van der Waals surface area contributed by atoms with E-state index in [2.05, 4.69) is 31.0 Å². The first-order valence-electron chi connectivity index (χ1n) is 5.19. The van der Waals surface area contributed by atoms with Crippen LogP contribution in [0.1, 0.15) is 39.0 Å². The summed E-state index contributed by atoms with van der Waals surface area (Å²) in [4.78, 5) is 0. The van der Waals surface area contributed by atoms with Crippen LogP contribution >= 0.6 is 0 Å². The van der Waals surface area contributed by atoms with E-state index >= 15 is 0 Å². The highest BCUT2D eigenvalue weighted by molar-refractivity contribution is 5.25. The predicted octanol–water partition coefficient (Wildman–Crippen LogP) is 0.959. The maximum atomic E-state index is 9.13. The lowest BCUT2D eigenvalue weighted by Gasteiger charge is -2.24. The first kappa shape index (κ1) is 12.2. The molecular weight excluding hydrogens is 190 g/mol. The second-order valence-electron chi connectivity index (χ2n) is 5.51. The van der Waals surface area contributed by atoms with Crippen LogP contribution in [0.4, 0.5) is 0 Å². The molecule has 0 fully saturated rings. The van der Waals surface area contributed by atoms with Crippen LogP contribution in [0.2, 0.25) is 0 Å². The molecule has 1 aromatic rings. The predicted molar refractivity (Wildman–Crippen MR) is 60.7 cm³/mol. The Morgan fingerprint density at radius 3 is 2.47 bits per heavy atom. The van der Waals surface area contributed by atoms with Gasteiger partial charge in [-0.2, -0.15) is 5.10 Å². The minimum atomic E-state index is -0.579. The third-order valence-electron chi connectivity index (χ3n) is 2.42. The molecule has 0 spiro atoms. The van der Waals surface area contributed by atoms with Gasteiger partial charge in [0.25, 0.3) is 0 Å². The van der Waals surface area contributed by atoms with Crippen LogP contribution in [-0.2, 0) is 11.8 Å². The SMILES string of the molecule is CC(N)(CO)Cc1cn[nH]c1C(C)(C)C. The van der Waals surface area contributed by atoms with E-state index < -0.39 is 5.54 Å². The number of nitrogens with two attached hydrogens (primary N) is 1. The molecule has 0 saturated carbocycles. The van der Waals surface area contributed by atoms with Crippen molar-refractivity contribution in [3.63, 3.8) is 0 Å². The Balaban J connectivity index is 2.92. The Morgan fingerprint density at radius 2 is 2.00 bits per heavy atom. The number of nitrogens with one attached hydrogen (secondary N) is 1. The Bertz CT molecular complexity index is 323. The molecule has 4 N–H and O–H groups in total. The molecule has 1 heterocycles. The fourth-order valence-corrected chi connectivity index (χ4v) is 1.59. The van der Waals surface area contributed by atoms with Crippen LogP contribution in [0.3, 0.4) is 0 Å². The summed E-state index contributed by atoms with van der Waals surface area (Å²) < 4.78 is 0. The Labute approximate surface area is 90.9 Å². The highest BCUT2D eigenvalue weighted by Crippen LogP contribution is 2.25. The number of aromatic amines is 1. The summed E-state index contributed by atoms with van der Waals surface area (Å²) in [7, 11) is 0. The monoisotopic (exact) mass is 211 g/mol. The molecule has 0 bridgehead atoms. The van der Waals surface area contributed by atoms with Crippen LogP contribution in [0.5, 0.6) is 0 Å². The molecule has 0 radical (unpaired) electrons. The van der Waals surface area contributed by atoms with Gasteiger partial charge in [-0.1, -0.05) is 20.8 Å². The normalized spacial score (nSPS) is 16.4. The summed E-state index contributed by atoms with van der Waals surface area (Å²) in [6.45, 7) is 8.18. The molecule has 0 amide bonds. The third kappa shape index (κ3) is 3.04. The van der Waals surface area contributed by atoms with Crippen molar-refractivity contribution in [1.82, 2.24) is 10.2 Å². The number of hydrogen-bond donors (Lipinski definition) is 3. The molecule has 1 rings (SSSR count). The van der Waals surface area contributed by atoms with Gasteiger partial charge in [0.05, 0.1) is 12.8 Å². The van der Waals surface area contributed by atoms with E-state index in [1.807, 2.05) is 6.92 Å². The van der Waals surface area contributed by atoms with E-state index in [4.69, 9.17) is 10.8 Å². The van der Waals surface area contributed by atoms with Crippen molar-refractivity contribution in [1.29, 1.82) is 0 Å². The first-order chi connectivity index (χ1) is 6.76. The Kier molecular flexibility index (Phi) is 3.21. The van der Waals surface area contributed by atoms with Crippen LogP contribution in [0, 0.1) is 0 Å². The Morgan fingerprint density at radius 1 is 1.40 bits per heavy atom. The zero-order valence-corrected chi connectivity index (χ0v) is 9.96. The number of nitrogens with zero attached hydrogens (tertiary/aromatic N) is 1. The topological polar surface area (TPSA) is 74.9 Å². The lowest BCUT2D eigenvalue weighted by Crippen LogP contribution is -2.42. The number of aromatic nitrogens is 2. The minimum absolute atomic E-state index is 0.0252. The van der Waals surface area contributed by atoms with Gasteiger partial charge in [-0.3, -0.25) is 5.10 Å². The van der Waals surface area contributed by atoms with Crippen molar-refractivity contribution in [3.8, 4) is 0 Å². The first-order valence-corrected chi connectivity index (χ1v) is 5.19. The third-order valence-corrected chi connectivity index (χ3v) is 2.42. The standard InChI is InChI=1S/C11H21N3O/c1-10(2,3)9-8(6-13-14-9)5-11(4,12)7-15/h6,15H,5,7,12H2,1-4H3,(H,13,14). The van der Waals surface area contributed by atoms with E-state index in [-0.39, 0.29) is 12.0 Å². The summed E-state index contributed by atoms with van der Waals surface area (Å²) in [6, 6.07) is 0. The summed E-state index contributed by atoms with van der Waals surface area (Å²) in [5, 5.41) is 16.2. The smallest absolute Gasteiger partial charge is 0.0611 e. The van der Waals surface area contributed by atoms with E-state index in [1.54, 1.807) is 6.20 Å². The maximum Gasteiger partial charge on any atom is 0.0611 e. The van der Waals surface area contributed by atoms with Crippen molar-refractivity contribution >= 4 is 0 Å². The van der Waals surface area contributed by atoms with E-state index in [9.17, 15) is 0 Å². The van der Waals surface area contributed by atoms with Crippen LogP contribution in [-0.4, -0.2) is 27.4 Å². The fraction of sp³-hybridized carbons (Fsp3) is 0.727. The van der Waals surface area contributed by atoms with Gasteiger partial charge in [-0.25, -0.2) is 0 Å². The zero-order chi connectivity index (χ0) is 11.7. The molecule has 1 unspecified atom stereocenters. The van der Waals surface area contributed by atoms with Crippen molar-refractivity contribution in [2.75, 3.05) is 6.61 Å². The second kappa shape index (κ2) is 3.94. The maximum absolute atomic E-state index is 9.13. The molecule has 0 aliphatic carbocycles. The van der Waals surface area contributed by atoms with E-state index in [0.29, 0.717) is 6.42 Å². The molecule has 0 aromatic carbocycles. The average Bonchev–Trinajstić information content (AvgIpc) is 2.50.